The van der Waals surface area contributed by atoms with Crippen LogP contribution in [-0.2, 0) is 6.54 Å². The van der Waals surface area contributed by atoms with Gasteiger partial charge in [-0.1, -0.05) is 0 Å². The standard InChI is InChI=1S/C12H11BrN2OS/c1-2-15-7-9(6-14-15)12(16)4-3-11-5-10(13)8-17-11/h3-8H,2H2,1H3/b4-3+. The molecule has 0 amide bonds. The molecule has 2 aromatic rings. The number of hydrogen-bond donors (Lipinski definition) is 0. The van der Waals surface area contributed by atoms with E-state index in [0.717, 1.165) is 15.9 Å². The number of carbonyl (C=O) groups is 1. The first-order chi connectivity index (χ1) is 8.19. The normalized spacial score (nSPS) is 11.2. The first-order valence-electron chi connectivity index (χ1n) is 5.18. The summed E-state index contributed by atoms with van der Waals surface area (Å²) in [7, 11) is 0. The van der Waals surface area contributed by atoms with E-state index in [-0.39, 0.29) is 5.78 Å². The SMILES string of the molecule is CCn1cc(C(=O)/C=C/c2cc(Br)cs2)cn1. The zero-order valence-corrected chi connectivity index (χ0v) is 11.7. The van der Waals surface area contributed by atoms with Crippen LogP contribution >= 0.6 is 27.3 Å². The van der Waals surface area contributed by atoms with Crippen LogP contribution in [0.15, 0.2) is 34.4 Å². The zero-order chi connectivity index (χ0) is 12.3. The summed E-state index contributed by atoms with van der Waals surface area (Å²) in [5, 5.41) is 6.06. The molecule has 0 aromatic carbocycles. The molecular formula is C12H11BrN2OS. The van der Waals surface area contributed by atoms with E-state index in [4.69, 9.17) is 0 Å². The van der Waals surface area contributed by atoms with Crippen molar-refractivity contribution in [2.75, 3.05) is 0 Å². The summed E-state index contributed by atoms with van der Waals surface area (Å²) in [6, 6.07) is 1.98. The average Bonchev–Trinajstić information content (AvgIpc) is 2.94. The minimum absolute atomic E-state index is 0.0192. The van der Waals surface area contributed by atoms with E-state index in [2.05, 4.69) is 21.0 Å². The highest BCUT2D eigenvalue weighted by molar-refractivity contribution is 9.10. The van der Waals surface area contributed by atoms with Gasteiger partial charge in [-0.05, 0) is 41.1 Å². The van der Waals surface area contributed by atoms with Gasteiger partial charge in [-0.3, -0.25) is 9.48 Å². The Morgan fingerprint density at radius 2 is 2.47 bits per heavy atom. The maximum Gasteiger partial charge on any atom is 0.189 e. The smallest absolute Gasteiger partial charge is 0.189 e. The summed E-state index contributed by atoms with van der Waals surface area (Å²) in [5.74, 6) is -0.0192. The molecule has 2 heterocycles. The molecule has 88 valence electrons. The maximum atomic E-state index is 11.8. The largest absolute Gasteiger partial charge is 0.289 e. The molecule has 0 fully saturated rings. The molecule has 0 aliphatic carbocycles. The monoisotopic (exact) mass is 310 g/mol. The number of aromatic nitrogens is 2. The fraction of sp³-hybridized carbons (Fsp3) is 0.167. The lowest BCUT2D eigenvalue weighted by atomic mass is 10.2. The van der Waals surface area contributed by atoms with Crippen LogP contribution in [0, 0.1) is 0 Å². The molecule has 2 aromatic heterocycles. The Hall–Kier alpha value is -1.20. The van der Waals surface area contributed by atoms with Gasteiger partial charge in [0, 0.05) is 27.5 Å². The van der Waals surface area contributed by atoms with Crippen molar-refractivity contribution < 1.29 is 4.79 Å². The summed E-state index contributed by atoms with van der Waals surface area (Å²) in [5.41, 5.74) is 0.624. The molecule has 0 saturated heterocycles. The summed E-state index contributed by atoms with van der Waals surface area (Å²) < 4.78 is 2.77. The topological polar surface area (TPSA) is 34.9 Å². The Bertz CT molecular complexity index is 556. The second kappa shape index (κ2) is 5.42. The third-order valence-electron chi connectivity index (χ3n) is 2.23. The third kappa shape index (κ3) is 3.14. The van der Waals surface area contributed by atoms with Crippen LogP contribution < -0.4 is 0 Å². The molecule has 0 radical (unpaired) electrons. The summed E-state index contributed by atoms with van der Waals surface area (Å²) in [4.78, 5) is 12.9. The van der Waals surface area contributed by atoms with Crippen molar-refractivity contribution in [2.24, 2.45) is 0 Å². The molecule has 17 heavy (non-hydrogen) atoms. The molecule has 0 atom stereocenters. The predicted molar refractivity (Wildman–Crippen MR) is 73.3 cm³/mol. The van der Waals surface area contributed by atoms with Gasteiger partial charge >= 0.3 is 0 Å². The van der Waals surface area contributed by atoms with Crippen LogP contribution in [0.4, 0.5) is 0 Å². The zero-order valence-electron chi connectivity index (χ0n) is 9.26. The van der Waals surface area contributed by atoms with Gasteiger partial charge in [-0.15, -0.1) is 11.3 Å². The quantitative estimate of drug-likeness (QED) is 0.638. The first-order valence-corrected chi connectivity index (χ1v) is 6.85. The number of ketones is 1. The molecule has 0 aliphatic rings. The lowest BCUT2D eigenvalue weighted by Crippen LogP contribution is -1.94. The molecular weight excluding hydrogens is 300 g/mol. The fourth-order valence-corrected chi connectivity index (χ4v) is 2.67. The molecule has 0 aliphatic heterocycles. The Balaban J connectivity index is 2.08. The van der Waals surface area contributed by atoms with Gasteiger partial charge in [0.1, 0.15) is 0 Å². The van der Waals surface area contributed by atoms with Crippen molar-refractivity contribution in [2.45, 2.75) is 13.5 Å². The number of nitrogens with zero attached hydrogens (tertiary/aromatic N) is 2. The van der Waals surface area contributed by atoms with Crippen molar-refractivity contribution in [1.29, 1.82) is 0 Å². The molecule has 0 bridgehead atoms. The fourth-order valence-electron chi connectivity index (χ4n) is 1.33. The van der Waals surface area contributed by atoms with Crippen LogP contribution in [-0.4, -0.2) is 15.6 Å². The van der Waals surface area contributed by atoms with E-state index in [1.165, 1.54) is 0 Å². The summed E-state index contributed by atoms with van der Waals surface area (Å²) in [6.45, 7) is 2.76. The van der Waals surface area contributed by atoms with Crippen LogP contribution in [0.2, 0.25) is 0 Å². The second-order valence-corrected chi connectivity index (χ2v) is 5.31. The maximum absolute atomic E-state index is 11.8. The van der Waals surface area contributed by atoms with E-state index >= 15 is 0 Å². The Morgan fingerprint density at radius 3 is 3.06 bits per heavy atom. The number of carbonyl (C=O) groups excluding carboxylic acids is 1. The van der Waals surface area contributed by atoms with Gasteiger partial charge in [0.05, 0.1) is 11.8 Å². The van der Waals surface area contributed by atoms with E-state index in [1.54, 1.807) is 34.5 Å². The number of aryl methyl sites for hydroxylation is 1. The third-order valence-corrected chi connectivity index (χ3v) is 3.89. The van der Waals surface area contributed by atoms with Crippen molar-refractivity contribution in [3.63, 3.8) is 0 Å². The van der Waals surface area contributed by atoms with Crippen LogP contribution in [0.5, 0.6) is 0 Å². The van der Waals surface area contributed by atoms with Gasteiger partial charge < -0.3 is 0 Å². The highest BCUT2D eigenvalue weighted by atomic mass is 79.9. The molecule has 0 spiro atoms. The highest BCUT2D eigenvalue weighted by Crippen LogP contribution is 2.20. The van der Waals surface area contributed by atoms with Crippen molar-refractivity contribution in [1.82, 2.24) is 9.78 Å². The van der Waals surface area contributed by atoms with Crippen molar-refractivity contribution in [3.05, 3.63) is 44.8 Å². The average molecular weight is 311 g/mol. The number of allylic oxidation sites excluding steroid dienone is 1. The number of rotatable bonds is 4. The van der Waals surface area contributed by atoms with Crippen LogP contribution in [0.25, 0.3) is 6.08 Å². The van der Waals surface area contributed by atoms with E-state index in [0.29, 0.717) is 5.56 Å². The Labute approximate surface area is 112 Å². The Kier molecular flexibility index (Phi) is 3.91. The molecule has 0 N–H and O–H groups in total. The van der Waals surface area contributed by atoms with Gasteiger partial charge in [-0.25, -0.2) is 0 Å². The van der Waals surface area contributed by atoms with Crippen LogP contribution in [0.3, 0.4) is 0 Å². The Morgan fingerprint density at radius 1 is 1.65 bits per heavy atom. The molecule has 0 unspecified atom stereocenters. The van der Waals surface area contributed by atoms with E-state index < -0.39 is 0 Å². The number of halogens is 1. The molecule has 5 heteroatoms. The van der Waals surface area contributed by atoms with Gasteiger partial charge in [0.15, 0.2) is 5.78 Å². The van der Waals surface area contributed by atoms with E-state index in [9.17, 15) is 4.79 Å². The molecule has 0 saturated carbocycles. The van der Waals surface area contributed by atoms with Crippen LogP contribution in [0.1, 0.15) is 22.2 Å². The van der Waals surface area contributed by atoms with Gasteiger partial charge in [0.2, 0.25) is 0 Å². The first kappa shape index (κ1) is 12.3. The summed E-state index contributed by atoms with van der Waals surface area (Å²) >= 11 is 4.96. The van der Waals surface area contributed by atoms with Crippen molar-refractivity contribution >= 4 is 39.1 Å². The molecule has 3 nitrogen and oxygen atoms in total. The second-order valence-electron chi connectivity index (χ2n) is 3.45. The highest BCUT2D eigenvalue weighted by Gasteiger charge is 2.04. The lowest BCUT2D eigenvalue weighted by Gasteiger charge is -1.90. The van der Waals surface area contributed by atoms with Gasteiger partial charge in [0.25, 0.3) is 0 Å². The van der Waals surface area contributed by atoms with Crippen molar-refractivity contribution in [3.8, 4) is 0 Å². The van der Waals surface area contributed by atoms with Gasteiger partial charge in [-0.2, -0.15) is 5.10 Å². The molecule has 2 rings (SSSR count). The predicted octanol–water partition coefficient (Wildman–Crippen LogP) is 3.62. The van der Waals surface area contributed by atoms with E-state index in [1.807, 2.05) is 24.4 Å². The minimum Gasteiger partial charge on any atom is -0.289 e. The minimum atomic E-state index is -0.0192. The number of thiophene rings is 1. The summed E-state index contributed by atoms with van der Waals surface area (Å²) in [6.07, 6.45) is 6.76. The lowest BCUT2D eigenvalue weighted by molar-refractivity contribution is 0.104. The number of hydrogen-bond acceptors (Lipinski definition) is 3.